The van der Waals surface area contributed by atoms with E-state index in [0.717, 1.165) is 6.54 Å². The quantitative estimate of drug-likeness (QED) is 0.617. The Hall–Kier alpha value is -1.62. The molecule has 100 valence electrons. The highest BCUT2D eigenvalue weighted by Crippen LogP contribution is 2.24. The van der Waals surface area contributed by atoms with Crippen LogP contribution in [0.15, 0.2) is 60.9 Å². The van der Waals surface area contributed by atoms with E-state index in [1.807, 2.05) is 10.9 Å². The summed E-state index contributed by atoms with van der Waals surface area (Å²) in [6.45, 7) is 2.95. The maximum absolute atomic E-state index is 4.48. The zero-order valence-corrected chi connectivity index (χ0v) is 13.4. The van der Waals surface area contributed by atoms with Crippen molar-refractivity contribution >= 4 is 22.6 Å². The Kier molecular flexibility index (Phi) is 3.87. The Bertz CT molecular complexity index is 731. The van der Waals surface area contributed by atoms with Gasteiger partial charge in [-0.05, 0) is 52.3 Å². The van der Waals surface area contributed by atoms with Crippen LogP contribution in [0, 0.1) is 10.5 Å². The SMILES string of the molecule is Cc1ccccc1Cn1cc(-c2ccccc2I)cn1. The minimum absolute atomic E-state index is 0.816. The fraction of sp³-hybridized carbons (Fsp3) is 0.118. The van der Waals surface area contributed by atoms with Gasteiger partial charge in [-0.1, -0.05) is 42.5 Å². The first-order chi connectivity index (χ1) is 9.74. The number of nitrogens with zero attached hydrogens (tertiary/aromatic N) is 2. The summed E-state index contributed by atoms with van der Waals surface area (Å²) in [5.74, 6) is 0. The van der Waals surface area contributed by atoms with E-state index in [1.165, 1.54) is 25.8 Å². The number of hydrogen-bond donors (Lipinski definition) is 0. The average molecular weight is 374 g/mol. The number of rotatable bonds is 3. The van der Waals surface area contributed by atoms with Crippen LogP contribution in [0.5, 0.6) is 0 Å². The van der Waals surface area contributed by atoms with E-state index in [0.29, 0.717) is 0 Å². The lowest BCUT2D eigenvalue weighted by Crippen LogP contribution is -2.01. The van der Waals surface area contributed by atoms with Crippen LogP contribution < -0.4 is 0 Å². The second-order valence-corrected chi connectivity index (χ2v) is 6.00. The number of halogens is 1. The molecule has 0 saturated carbocycles. The van der Waals surface area contributed by atoms with Crippen molar-refractivity contribution in [1.82, 2.24) is 9.78 Å². The Morgan fingerprint density at radius 1 is 1.05 bits per heavy atom. The molecular weight excluding hydrogens is 359 g/mol. The molecule has 0 radical (unpaired) electrons. The Balaban J connectivity index is 1.88. The van der Waals surface area contributed by atoms with Crippen molar-refractivity contribution in [3.63, 3.8) is 0 Å². The van der Waals surface area contributed by atoms with Gasteiger partial charge in [-0.15, -0.1) is 0 Å². The molecule has 0 N–H and O–H groups in total. The molecule has 3 aromatic rings. The number of hydrogen-bond acceptors (Lipinski definition) is 1. The van der Waals surface area contributed by atoms with Crippen LogP contribution >= 0.6 is 22.6 Å². The molecule has 0 amide bonds. The van der Waals surface area contributed by atoms with Gasteiger partial charge in [0.1, 0.15) is 0 Å². The lowest BCUT2D eigenvalue weighted by molar-refractivity contribution is 0.684. The monoisotopic (exact) mass is 374 g/mol. The zero-order chi connectivity index (χ0) is 13.9. The molecule has 2 aromatic carbocycles. The molecule has 20 heavy (non-hydrogen) atoms. The van der Waals surface area contributed by atoms with Crippen molar-refractivity contribution in [2.24, 2.45) is 0 Å². The smallest absolute Gasteiger partial charge is 0.0662 e. The molecular formula is C17H15IN2. The third-order valence-corrected chi connectivity index (χ3v) is 4.35. The highest BCUT2D eigenvalue weighted by atomic mass is 127. The molecule has 2 nitrogen and oxygen atoms in total. The summed E-state index contributed by atoms with van der Waals surface area (Å²) in [6, 6.07) is 16.8. The number of benzene rings is 2. The fourth-order valence-corrected chi connectivity index (χ4v) is 2.95. The van der Waals surface area contributed by atoms with Gasteiger partial charge in [-0.3, -0.25) is 4.68 Å². The highest BCUT2D eigenvalue weighted by molar-refractivity contribution is 14.1. The Labute approximate surface area is 132 Å². The van der Waals surface area contributed by atoms with Crippen LogP contribution in [-0.2, 0) is 6.54 Å². The van der Waals surface area contributed by atoms with E-state index >= 15 is 0 Å². The summed E-state index contributed by atoms with van der Waals surface area (Å²) in [5, 5.41) is 4.48. The van der Waals surface area contributed by atoms with Crippen molar-refractivity contribution in [3.05, 3.63) is 75.6 Å². The van der Waals surface area contributed by atoms with Crippen LogP contribution in [0.2, 0.25) is 0 Å². The first-order valence-electron chi connectivity index (χ1n) is 6.56. The number of aromatic nitrogens is 2. The molecule has 0 saturated heterocycles. The molecule has 0 atom stereocenters. The van der Waals surface area contributed by atoms with Crippen LogP contribution in [0.1, 0.15) is 11.1 Å². The molecule has 0 aliphatic heterocycles. The van der Waals surface area contributed by atoms with E-state index < -0.39 is 0 Å². The second kappa shape index (κ2) is 5.79. The van der Waals surface area contributed by atoms with Gasteiger partial charge in [-0.2, -0.15) is 5.10 Å². The first-order valence-corrected chi connectivity index (χ1v) is 7.64. The van der Waals surface area contributed by atoms with Gasteiger partial charge in [0.15, 0.2) is 0 Å². The summed E-state index contributed by atoms with van der Waals surface area (Å²) in [7, 11) is 0. The topological polar surface area (TPSA) is 17.8 Å². The first kappa shape index (κ1) is 13.4. The van der Waals surface area contributed by atoms with E-state index in [2.05, 4.69) is 89.3 Å². The molecule has 0 bridgehead atoms. The van der Waals surface area contributed by atoms with E-state index in [9.17, 15) is 0 Å². The van der Waals surface area contributed by atoms with E-state index in [-0.39, 0.29) is 0 Å². The third-order valence-electron chi connectivity index (χ3n) is 3.41. The summed E-state index contributed by atoms with van der Waals surface area (Å²) in [5.41, 5.74) is 5.02. The van der Waals surface area contributed by atoms with Gasteiger partial charge in [0.25, 0.3) is 0 Å². The van der Waals surface area contributed by atoms with E-state index in [4.69, 9.17) is 0 Å². The summed E-state index contributed by atoms with van der Waals surface area (Å²) in [4.78, 5) is 0. The molecule has 0 unspecified atom stereocenters. The van der Waals surface area contributed by atoms with Crippen molar-refractivity contribution in [2.45, 2.75) is 13.5 Å². The summed E-state index contributed by atoms with van der Waals surface area (Å²) < 4.78 is 3.25. The average Bonchev–Trinajstić information content (AvgIpc) is 2.90. The predicted molar refractivity (Wildman–Crippen MR) is 90.7 cm³/mol. The van der Waals surface area contributed by atoms with Gasteiger partial charge >= 0.3 is 0 Å². The fourth-order valence-electron chi connectivity index (χ4n) is 2.25. The van der Waals surface area contributed by atoms with Crippen LogP contribution in [0.25, 0.3) is 11.1 Å². The Morgan fingerprint density at radius 2 is 1.80 bits per heavy atom. The van der Waals surface area contributed by atoms with Crippen LogP contribution in [0.4, 0.5) is 0 Å². The summed E-state index contributed by atoms with van der Waals surface area (Å²) >= 11 is 2.37. The maximum Gasteiger partial charge on any atom is 0.0662 e. The molecule has 1 aromatic heterocycles. The molecule has 0 fully saturated rings. The minimum atomic E-state index is 0.816. The van der Waals surface area contributed by atoms with E-state index in [1.54, 1.807) is 0 Å². The Morgan fingerprint density at radius 3 is 2.60 bits per heavy atom. The second-order valence-electron chi connectivity index (χ2n) is 4.83. The summed E-state index contributed by atoms with van der Waals surface area (Å²) in [6.07, 6.45) is 4.06. The molecule has 0 spiro atoms. The van der Waals surface area contributed by atoms with Crippen LogP contribution in [-0.4, -0.2) is 9.78 Å². The van der Waals surface area contributed by atoms with Crippen molar-refractivity contribution in [2.75, 3.05) is 0 Å². The van der Waals surface area contributed by atoms with Gasteiger partial charge in [0, 0.05) is 15.3 Å². The van der Waals surface area contributed by atoms with Crippen LogP contribution in [0.3, 0.4) is 0 Å². The van der Waals surface area contributed by atoms with Gasteiger partial charge in [-0.25, -0.2) is 0 Å². The third kappa shape index (κ3) is 2.77. The van der Waals surface area contributed by atoms with Crippen molar-refractivity contribution in [1.29, 1.82) is 0 Å². The van der Waals surface area contributed by atoms with Gasteiger partial charge < -0.3 is 0 Å². The molecule has 0 aliphatic carbocycles. The minimum Gasteiger partial charge on any atom is -0.268 e. The zero-order valence-electron chi connectivity index (χ0n) is 11.3. The molecule has 0 aliphatic rings. The molecule has 1 heterocycles. The van der Waals surface area contributed by atoms with Gasteiger partial charge in [0.2, 0.25) is 0 Å². The maximum atomic E-state index is 4.48. The largest absolute Gasteiger partial charge is 0.268 e. The van der Waals surface area contributed by atoms with Crippen molar-refractivity contribution < 1.29 is 0 Å². The normalized spacial score (nSPS) is 10.7. The molecule has 3 rings (SSSR count). The van der Waals surface area contributed by atoms with Gasteiger partial charge in [0.05, 0.1) is 12.7 Å². The highest BCUT2D eigenvalue weighted by Gasteiger charge is 2.06. The standard InChI is InChI=1S/C17H15IN2/c1-13-6-2-3-7-14(13)11-20-12-15(10-19-20)16-8-4-5-9-17(16)18/h2-10,12H,11H2,1H3. The molecule has 3 heteroatoms. The number of aryl methyl sites for hydroxylation is 1. The lowest BCUT2D eigenvalue weighted by atomic mass is 10.1. The lowest BCUT2D eigenvalue weighted by Gasteiger charge is -2.05. The van der Waals surface area contributed by atoms with Crippen molar-refractivity contribution in [3.8, 4) is 11.1 Å². The predicted octanol–water partition coefficient (Wildman–Crippen LogP) is 4.51.